The molecule has 1 aliphatic carbocycles. The molecule has 35 heavy (non-hydrogen) atoms. The molecule has 9 nitrogen and oxygen atoms in total. The molecule has 4 rings (SSSR count). The number of rotatable bonds is 9. The summed E-state index contributed by atoms with van der Waals surface area (Å²) in [7, 11) is 0. The van der Waals surface area contributed by atoms with Crippen LogP contribution in [-0.2, 0) is 4.74 Å². The highest BCUT2D eigenvalue weighted by atomic mass is 35.5. The van der Waals surface area contributed by atoms with Crippen molar-refractivity contribution in [2.45, 2.75) is 63.6 Å². The maximum absolute atomic E-state index is 9.65. The molecule has 3 heterocycles. The number of aliphatic hydroxyl groups excluding tert-OH is 1. The summed E-state index contributed by atoms with van der Waals surface area (Å²) in [6.45, 7) is 3.52. The number of nitrogens with one attached hydrogen (secondary N) is 2. The van der Waals surface area contributed by atoms with Crippen molar-refractivity contribution < 1.29 is 14.6 Å². The Hall–Kier alpha value is -2.51. The fourth-order valence-corrected chi connectivity index (χ4v) is 4.79. The van der Waals surface area contributed by atoms with Gasteiger partial charge in [-0.15, -0.1) is 0 Å². The first-order valence-corrected chi connectivity index (χ1v) is 12.6. The molecule has 2 aromatic rings. The zero-order valence-electron chi connectivity index (χ0n) is 20.0. The maximum Gasteiger partial charge on any atom is 0.232 e. The quantitative estimate of drug-likeness (QED) is 0.473. The van der Waals surface area contributed by atoms with E-state index in [-0.39, 0.29) is 19.3 Å². The third-order valence-electron chi connectivity index (χ3n) is 6.80. The molecule has 2 aromatic heterocycles. The number of halogens is 1. The van der Waals surface area contributed by atoms with Crippen molar-refractivity contribution in [3.05, 3.63) is 29.7 Å². The largest absolute Gasteiger partial charge is 0.475 e. The normalized spacial score (nSPS) is 22.7. The lowest BCUT2D eigenvalue weighted by Crippen LogP contribution is -2.42. The molecule has 2 aliphatic rings. The van der Waals surface area contributed by atoms with Gasteiger partial charge in [0.15, 0.2) is 0 Å². The average Bonchev–Trinajstić information content (AvgIpc) is 2.90. The van der Waals surface area contributed by atoms with Crippen LogP contribution in [0.2, 0.25) is 5.02 Å². The second-order valence-corrected chi connectivity index (χ2v) is 9.94. The predicted octanol–water partition coefficient (Wildman–Crippen LogP) is 3.58. The summed E-state index contributed by atoms with van der Waals surface area (Å²) in [6, 6.07) is 5.16. The monoisotopic (exact) mass is 500 g/mol. The van der Waals surface area contributed by atoms with E-state index in [0.717, 1.165) is 37.1 Å². The van der Waals surface area contributed by atoms with Crippen molar-refractivity contribution in [1.82, 2.24) is 20.3 Å². The molecule has 0 amide bonds. The summed E-state index contributed by atoms with van der Waals surface area (Å²) in [5, 5.41) is 26.4. The van der Waals surface area contributed by atoms with Crippen LogP contribution in [0.25, 0.3) is 11.3 Å². The van der Waals surface area contributed by atoms with Gasteiger partial charge in [-0.2, -0.15) is 5.26 Å². The number of pyridine rings is 1. The van der Waals surface area contributed by atoms with Crippen molar-refractivity contribution in [3.8, 4) is 23.2 Å². The number of anilines is 1. The number of aromatic nitrogens is 3. The van der Waals surface area contributed by atoms with Crippen molar-refractivity contribution >= 4 is 17.4 Å². The molecule has 1 saturated carbocycles. The van der Waals surface area contributed by atoms with Gasteiger partial charge >= 0.3 is 0 Å². The Bertz CT molecular complexity index is 1020. The van der Waals surface area contributed by atoms with E-state index in [0.29, 0.717) is 54.7 Å². The number of nitrogens with zero attached hydrogens (tertiary/aromatic N) is 4. The van der Waals surface area contributed by atoms with Gasteiger partial charge in [-0.3, -0.25) is 4.98 Å². The van der Waals surface area contributed by atoms with Crippen LogP contribution in [0.4, 0.5) is 5.82 Å². The smallest absolute Gasteiger partial charge is 0.232 e. The van der Waals surface area contributed by atoms with Crippen LogP contribution in [0.3, 0.4) is 0 Å². The van der Waals surface area contributed by atoms with Gasteiger partial charge in [0.05, 0.1) is 41.2 Å². The lowest BCUT2D eigenvalue weighted by atomic mass is 9.83. The van der Waals surface area contributed by atoms with E-state index in [4.69, 9.17) is 21.1 Å². The van der Waals surface area contributed by atoms with E-state index in [9.17, 15) is 10.4 Å². The van der Waals surface area contributed by atoms with Crippen molar-refractivity contribution in [2.75, 3.05) is 31.7 Å². The molecule has 188 valence electrons. The van der Waals surface area contributed by atoms with Gasteiger partial charge in [0, 0.05) is 43.1 Å². The summed E-state index contributed by atoms with van der Waals surface area (Å²) in [5.41, 5.74) is 0.739. The highest BCUT2D eigenvalue weighted by Crippen LogP contribution is 2.32. The van der Waals surface area contributed by atoms with Crippen molar-refractivity contribution in [2.24, 2.45) is 5.41 Å². The van der Waals surface area contributed by atoms with Gasteiger partial charge < -0.3 is 25.2 Å². The maximum atomic E-state index is 9.65. The molecule has 3 N–H and O–H groups in total. The Morgan fingerprint density at radius 1 is 1.23 bits per heavy atom. The predicted molar refractivity (Wildman–Crippen MR) is 133 cm³/mol. The second-order valence-electron chi connectivity index (χ2n) is 9.53. The van der Waals surface area contributed by atoms with Crippen LogP contribution in [0.5, 0.6) is 5.88 Å². The summed E-state index contributed by atoms with van der Waals surface area (Å²) < 4.78 is 11.3. The van der Waals surface area contributed by atoms with Crippen molar-refractivity contribution in [3.63, 3.8) is 0 Å². The summed E-state index contributed by atoms with van der Waals surface area (Å²) in [5.74, 6) is 1.09. The molecule has 0 spiro atoms. The SMILES string of the molecule is C[C@@H](CO)NC1CCC(Nc2cc(-c3cncc(OCC4(C#N)CCOCC4)n3)c(Cl)cn2)CC1. The Labute approximate surface area is 211 Å². The minimum absolute atomic E-state index is 0.118. The number of ether oxygens (including phenoxy) is 2. The summed E-state index contributed by atoms with van der Waals surface area (Å²) in [6.07, 6.45) is 10.2. The highest BCUT2D eigenvalue weighted by molar-refractivity contribution is 6.33. The fourth-order valence-electron chi connectivity index (χ4n) is 4.59. The first-order chi connectivity index (χ1) is 17.0. The molecule has 10 heteroatoms. The minimum atomic E-state index is -0.563. The van der Waals surface area contributed by atoms with Crippen LogP contribution in [0, 0.1) is 16.7 Å². The zero-order chi connectivity index (χ0) is 24.7. The zero-order valence-corrected chi connectivity index (χ0v) is 20.8. The number of aliphatic hydroxyl groups is 1. The molecule has 0 bridgehead atoms. The third-order valence-corrected chi connectivity index (χ3v) is 7.10. The standard InChI is InChI=1S/C25H33ClN6O3/c1-17(14-33)30-18-2-4-19(5-3-18)31-23-10-20(21(26)11-29-23)22-12-28-13-24(32-22)35-16-25(15-27)6-8-34-9-7-25/h10-13,17-19,30,33H,2-9,14,16H2,1H3,(H,29,31)/t17-,18?,19?/m0/s1. The molecule has 0 unspecified atom stereocenters. The van der Waals surface area contributed by atoms with Gasteiger partial charge in [-0.25, -0.2) is 9.97 Å². The average molecular weight is 501 g/mol. The van der Waals surface area contributed by atoms with E-state index in [1.165, 1.54) is 0 Å². The molecule has 1 saturated heterocycles. The molecule has 0 aromatic carbocycles. The molecular weight excluding hydrogens is 468 g/mol. The van der Waals surface area contributed by atoms with Crippen molar-refractivity contribution in [1.29, 1.82) is 5.26 Å². The first kappa shape index (κ1) is 25.6. The van der Waals surface area contributed by atoms with Crippen LogP contribution < -0.4 is 15.4 Å². The molecular formula is C25H33ClN6O3. The Balaban J connectivity index is 1.39. The molecule has 1 atom stereocenters. The van der Waals surface area contributed by atoms with Crippen LogP contribution >= 0.6 is 11.6 Å². The van der Waals surface area contributed by atoms with Gasteiger partial charge in [0.2, 0.25) is 5.88 Å². The third kappa shape index (κ3) is 6.79. The van der Waals surface area contributed by atoms with E-state index >= 15 is 0 Å². The van der Waals surface area contributed by atoms with E-state index < -0.39 is 5.41 Å². The van der Waals surface area contributed by atoms with E-state index in [1.807, 2.05) is 13.0 Å². The van der Waals surface area contributed by atoms with Gasteiger partial charge in [-0.1, -0.05) is 11.6 Å². The highest BCUT2D eigenvalue weighted by Gasteiger charge is 2.34. The number of hydrogen-bond acceptors (Lipinski definition) is 9. The number of hydrogen-bond donors (Lipinski definition) is 3. The Morgan fingerprint density at radius 2 is 1.97 bits per heavy atom. The lowest BCUT2D eigenvalue weighted by molar-refractivity contribution is 0.0182. The van der Waals surface area contributed by atoms with E-state index in [2.05, 4.69) is 31.7 Å². The van der Waals surface area contributed by atoms with Crippen LogP contribution in [-0.4, -0.2) is 64.6 Å². The Morgan fingerprint density at radius 3 is 2.69 bits per heavy atom. The molecule has 1 aliphatic heterocycles. The molecule has 2 fully saturated rings. The van der Waals surface area contributed by atoms with Gasteiger partial charge in [0.1, 0.15) is 12.4 Å². The fraction of sp³-hybridized carbons (Fsp3) is 0.600. The summed E-state index contributed by atoms with van der Waals surface area (Å²) >= 11 is 6.47. The van der Waals surface area contributed by atoms with Crippen LogP contribution in [0.15, 0.2) is 24.7 Å². The molecule has 0 radical (unpaired) electrons. The second kappa shape index (κ2) is 12.0. The minimum Gasteiger partial charge on any atom is -0.475 e. The Kier molecular flexibility index (Phi) is 8.74. The topological polar surface area (TPSA) is 125 Å². The van der Waals surface area contributed by atoms with Gasteiger partial charge in [-0.05, 0) is 51.5 Å². The lowest BCUT2D eigenvalue weighted by Gasteiger charge is -2.31. The summed E-state index contributed by atoms with van der Waals surface area (Å²) in [4.78, 5) is 13.3. The first-order valence-electron chi connectivity index (χ1n) is 12.2. The number of nitriles is 1. The van der Waals surface area contributed by atoms with E-state index in [1.54, 1.807) is 18.6 Å². The van der Waals surface area contributed by atoms with Gasteiger partial charge in [0.25, 0.3) is 0 Å². The van der Waals surface area contributed by atoms with Crippen LogP contribution in [0.1, 0.15) is 45.4 Å².